The van der Waals surface area contributed by atoms with Gasteiger partial charge in [-0.1, -0.05) is 25.4 Å². The first-order valence-corrected chi connectivity index (χ1v) is 4.74. The van der Waals surface area contributed by atoms with Crippen LogP contribution in [0.15, 0.2) is 12.1 Å². The van der Waals surface area contributed by atoms with Crippen molar-refractivity contribution < 1.29 is 9.50 Å². The average Bonchev–Trinajstić information content (AvgIpc) is 2.10. The standard InChI is InChI=1S/C10H13ClFNO/c1-5(2)10(13)6-3-8(12)7(11)4-9(6)14/h3-5,10,14H,13H2,1-2H3/t10-/m0/s1. The maximum absolute atomic E-state index is 13.1. The van der Waals surface area contributed by atoms with Gasteiger partial charge in [-0.2, -0.15) is 0 Å². The summed E-state index contributed by atoms with van der Waals surface area (Å²) < 4.78 is 13.1. The molecule has 1 aromatic rings. The lowest BCUT2D eigenvalue weighted by atomic mass is 9.96. The van der Waals surface area contributed by atoms with Crippen LogP contribution in [0, 0.1) is 11.7 Å². The van der Waals surface area contributed by atoms with Gasteiger partial charge in [0.2, 0.25) is 0 Å². The van der Waals surface area contributed by atoms with Crippen LogP contribution < -0.4 is 5.73 Å². The number of rotatable bonds is 2. The maximum atomic E-state index is 13.1. The van der Waals surface area contributed by atoms with Gasteiger partial charge in [-0.25, -0.2) is 4.39 Å². The average molecular weight is 218 g/mol. The Bertz CT molecular complexity index is 341. The van der Waals surface area contributed by atoms with Crippen molar-refractivity contribution >= 4 is 11.6 Å². The molecule has 1 atom stereocenters. The van der Waals surface area contributed by atoms with E-state index in [1.165, 1.54) is 12.1 Å². The van der Waals surface area contributed by atoms with Gasteiger partial charge in [0.1, 0.15) is 11.6 Å². The molecule has 1 aromatic carbocycles. The van der Waals surface area contributed by atoms with Crippen molar-refractivity contribution in [2.45, 2.75) is 19.9 Å². The lowest BCUT2D eigenvalue weighted by Crippen LogP contribution is -2.17. The van der Waals surface area contributed by atoms with Gasteiger partial charge in [0.05, 0.1) is 5.02 Å². The van der Waals surface area contributed by atoms with Crippen molar-refractivity contribution in [3.05, 3.63) is 28.5 Å². The Balaban J connectivity index is 3.15. The predicted octanol–water partition coefficient (Wildman–Crippen LogP) is 2.84. The molecule has 0 aliphatic rings. The summed E-state index contributed by atoms with van der Waals surface area (Å²) >= 11 is 5.49. The van der Waals surface area contributed by atoms with Crippen LogP contribution in [0.5, 0.6) is 5.75 Å². The first kappa shape index (κ1) is 11.3. The van der Waals surface area contributed by atoms with Crippen LogP contribution in [0.1, 0.15) is 25.5 Å². The lowest BCUT2D eigenvalue weighted by Gasteiger charge is -2.17. The van der Waals surface area contributed by atoms with E-state index in [0.717, 1.165) is 0 Å². The highest BCUT2D eigenvalue weighted by molar-refractivity contribution is 6.30. The van der Waals surface area contributed by atoms with E-state index in [1.54, 1.807) is 0 Å². The van der Waals surface area contributed by atoms with Gasteiger partial charge in [0.25, 0.3) is 0 Å². The smallest absolute Gasteiger partial charge is 0.142 e. The number of phenols is 1. The monoisotopic (exact) mass is 217 g/mol. The molecule has 0 radical (unpaired) electrons. The first-order valence-electron chi connectivity index (χ1n) is 4.37. The zero-order valence-corrected chi connectivity index (χ0v) is 8.85. The minimum Gasteiger partial charge on any atom is -0.508 e. The molecule has 0 spiro atoms. The van der Waals surface area contributed by atoms with Crippen LogP contribution in [0.25, 0.3) is 0 Å². The molecule has 3 N–H and O–H groups in total. The fourth-order valence-electron chi connectivity index (χ4n) is 1.18. The molecular formula is C10H13ClFNO. The van der Waals surface area contributed by atoms with Crippen molar-refractivity contribution in [1.82, 2.24) is 0 Å². The SMILES string of the molecule is CC(C)[C@H](N)c1cc(F)c(Cl)cc1O. The minimum absolute atomic E-state index is 0.0578. The van der Waals surface area contributed by atoms with Crippen molar-refractivity contribution in [1.29, 1.82) is 0 Å². The van der Waals surface area contributed by atoms with E-state index >= 15 is 0 Å². The Labute approximate surface area is 87.5 Å². The Kier molecular flexibility index (Phi) is 3.34. The van der Waals surface area contributed by atoms with Crippen LogP contribution in [0.4, 0.5) is 4.39 Å². The third-order valence-electron chi connectivity index (χ3n) is 2.15. The summed E-state index contributed by atoms with van der Waals surface area (Å²) in [6, 6.07) is 1.97. The zero-order valence-electron chi connectivity index (χ0n) is 8.09. The fourth-order valence-corrected chi connectivity index (χ4v) is 1.34. The molecule has 0 saturated heterocycles. The molecule has 0 heterocycles. The van der Waals surface area contributed by atoms with E-state index in [-0.39, 0.29) is 22.7 Å². The number of benzene rings is 1. The molecule has 0 saturated carbocycles. The molecule has 2 nitrogen and oxygen atoms in total. The highest BCUT2D eigenvalue weighted by Crippen LogP contribution is 2.31. The Morgan fingerprint density at radius 1 is 1.43 bits per heavy atom. The molecule has 0 aliphatic carbocycles. The molecule has 0 unspecified atom stereocenters. The summed E-state index contributed by atoms with van der Waals surface area (Å²) in [4.78, 5) is 0. The lowest BCUT2D eigenvalue weighted by molar-refractivity contribution is 0.436. The normalized spacial score (nSPS) is 13.3. The third-order valence-corrected chi connectivity index (χ3v) is 2.44. The molecule has 0 bridgehead atoms. The third kappa shape index (κ3) is 2.16. The van der Waals surface area contributed by atoms with Crippen LogP contribution in [0.2, 0.25) is 5.02 Å². The molecule has 14 heavy (non-hydrogen) atoms. The molecule has 0 amide bonds. The quantitative estimate of drug-likeness (QED) is 0.800. The van der Waals surface area contributed by atoms with Gasteiger partial charge < -0.3 is 10.8 Å². The van der Waals surface area contributed by atoms with E-state index < -0.39 is 5.82 Å². The zero-order chi connectivity index (χ0) is 10.9. The number of phenolic OH excluding ortho intramolecular Hbond substituents is 1. The van der Waals surface area contributed by atoms with Crippen molar-refractivity contribution in [2.75, 3.05) is 0 Å². The van der Waals surface area contributed by atoms with Crippen molar-refractivity contribution in [2.24, 2.45) is 11.7 Å². The van der Waals surface area contributed by atoms with Crippen molar-refractivity contribution in [3.8, 4) is 5.75 Å². The van der Waals surface area contributed by atoms with Gasteiger partial charge in [-0.3, -0.25) is 0 Å². The topological polar surface area (TPSA) is 46.2 Å². The summed E-state index contributed by atoms with van der Waals surface area (Å²) in [5.41, 5.74) is 6.18. The molecule has 0 aromatic heterocycles. The molecule has 78 valence electrons. The number of hydrogen-bond acceptors (Lipinski definition) is 2. The number of aromatic hydroxyl groups is 1. The minimum atomic E-state index is -0.560. The first-order chi connectivity index (χ1) is 6.43. The van der Waals surface area contributed by atoms with Crippen LogP contribution in [0.3, 0.4) is 0 Å². The highest BCUT2D eigenvalue weighted by Gasteiger charge is 2.16. The van der Waals surface area contributed by atoms with Gasteiger partial charge in [0.15, 0.2) is 0 Å². The highest BCUT2D eigenvalue weighted by atomic mass is 35.5. The number of hydrogen-bond donors (Lipinski definition) is 2. The summed E-state index contributed by atoms with van der Waals surface area (Å²) in [6.45, 7) is 3.80. The summed E-state index contributed by atoms with van der Waals surface area (Å²) in [6.07, 6.45) is 0. The molecule has 0 fully saturated rings. The van der Waals surface area contributed by atoms with Crippen molar-refractivity contribution in [3.63, 3.8) is 0 Å². The van der Waals surface area contributed by atoms with Crippen LogP contribution in [-0.2, 0) is 0 Å². The summed E-state index contributed by atoms with van der Waals surface area (Å²) in [7, 11) is 0. The Morgan fingerprint density at radius 2 is 2.00 bits per heavy atom. The van der Waals surface area contributed by atoms with E-state index in [0.29, 0.717) is 5.56 Å². The van der Waals surface area contributed by atoms with Gasteiger partial charge in [0, 0.05) is 17.7 Å². The van der Waals surface area contributed by atoms with Crippen LogP contribution in [-0.4, -0.2) is 5.11 Å². The maximum Gasteiger partial charge on any atom is 0.142 e. The summed E-state index contributed by atoms with van der Waals surface area (Å²) in [5, 5.41) is 9.41. The van der Waals surface area contributed by atoms with Gasteiger partial charge in [-0.15, -0.1) is 0 Å². The number of halogens is 2. The largest absolute Gasteiger partial charge is 0.508 e. The van der Waals surface area contributed by atoms with E-state index in [2.05, 4.69) is 0 Å². The van der Waals surface area contributed by atoms with Gasteiger partial charge in [-0.05, 0) is 12.0 Å². The second-order valence-electron chi connectivity index (χ2n) is 3.59. The van der Waals surface area contributed by atoms with Crippen LogP contribution >= 0.6 is 11.6 Å². The Hall–Kier alpha value is -0.800. The second-order valence-corrected chi connectivity index (χ2v) is 4.00. The molecule has 4 heteroatoms. The molecular weight excluding hydrogens is 205 g/mol. The molecule has 1 rings (SSSR count). The predicted molar refractivity (Wildman–Crippen MR) is 54.8 cm³/mol. The second kappa shape index (κ2) is 4.15. The van der Waals surface area contributed by atoms with Gasteiger partial charge >= 0.3 is 0 Å². The Morgan fingerprint density at radius 3 is 2.50 bits per heavy atom. The molecule has 0 aliphatic heterocycles. The fraction of sp³-hybridized carbons (Fsp3) is 0.400. The van der Waals surface area contributed by atoms with E-state index in [1.807, 2.05) is 13.8 Å². The summed E-state index contributed by atoms with van der Waals surface area (Å²) in [5.74, 6) is -0.491. The number of nitrogens with two attached hydrogens (primary N) is 1. The van der Waals surface area contributed by atoms with E-state index in [9.17, 15) is 9.50 Å². The van der Waals surface area contributed by atoms with E-state index in [4.69, 9.17) is 17.3 Å².